The van der Waals surface area contributed by atoms with Gasteiger partial charge in [0.25, 0.3) is 5.91 Å². The number of likely N-dealkylation sites (tertiary alicyclic amines) is 1. The van der Waals surface area contributed by atoms with E-state index in [9.17, 15) is 9.59 Å². The van der Waals surface area contributed by atoms with E-state index in [2.05, 4.69) is 17.2 Å². The largest absolute Gasteiger partial charge is 0.494 e. The number of carbonyl (C=O) groups excluding carboxylic acids is 2. The Morgan fingerprint density at radius 2 is 2.00 bits per heavy atom. The zero-order chi connectivity index (χ0) is 21.5. The quantitative estimate of drug-likeness (QED) is 0.645. The molecular weight excluding hydrogens is 378 g/mol. The molecule has 3 rings (SSSR count). The average Bonchev–Trinajstić information content (AvgIpc) is 3.10. The van der Waals surface area contributed by atoms with Crippen LogP contribution in [-0.2, 0) is 11.3 Å². The number of amides is 2. The number of piperidine rings is 1. The highest BCUT2D eigenvalue weighted by Crippen LogP contribution is 2.21. The third kappa shape index (κ3) is 5.65. The number of benzene rings is 1. The van der Waals surface area contributed by atoms with Crippen LogP contribution in [0.2, 0.25) is 0 Å². The van der Waals surface area contributed by atoms with E-state index >= 15 is 0 Å². The fourth-order valence-electron chi connectivity index (χ4n) is 3.86. The maximum Gasteiger partial charge on any atom is 0.270 e. The molecule has 1 aliphatic rings. The monoisotopic (exact) mass is 411 g/mol. The predicted octanol–water partition coefficient (Wildman–Crippen LogP) is 3.98. The van der Waals surface area contributed by atoms with E-state index in [0.717, 1.165) is 54.9 Å². The van der Waals surface area contributed by atoms with E-state index in [1.54, 1.807) is 4.90 Å². The summed E-state index contributed by atoms with van der Waals surface area (Å²) in [6.07, 6.45) is 3.80. The van der Waals surface area contributed by atoms with Crippen molar-refractivity contribution in [3.63, 3.8) is 0 Å². The normalized spacial score (nSPS) is 16.4. The van der Waals surface area contributed by atoms with Crippen LogP contribution in [0.4, 0.5) is 0 Å². The molecule has 0 radical (unpaired) electrons. The minimum Gasteiger partial charge on any atom is -0.494 e. The number of ether oxygens (including phenoxy) is 1. The summed E-state index contributed by atoms with van der Waals surface area (Å²) in [5, 5.41) is 3.03. The van der Waals surface area contributed by atoms with Crippen LogP contribution in [0.25, 0.3) is 0 Å². The molecule has 0 bridgehead atoms. The summed E-state index contributed by atoms with van der Waals surface area (Å²) < 4.78 is 5.68. The van der Waals surface area contributed by atoms with Crippen LogP contribution in [0.1, 0.15) is 59.9 Å². The highest BCUT2D eigenvalue weighted by atomic mass is 16.5. The number of nitrogens with one attached hydrogen (secondary N) is 2. The number of H-pyrrole nitrogens is 1. The van der Waals surface area contributed by atoms with Crippen LogP contribution in [0.3, 0.4) is 0 Å². The van der Waals surface area contributed by atoms with Gasteiger partial charge in [-0.15, -0.1) is 0 Å². The Bertz CT molecular complexity index is 857. The first-order chi connectivity index (χ1) is 14.5. The molecule has 1 fully saturated rings. The Balaban J connectivity index is 1.50. The highest BCUT2D eigenvalue weighted by Gasteiger charge is 2.29. The zero-order valence-electron chi connectivity index (χ0n) is 18.3. The number of hydrogen-bond acceptors (Lipinski definition) is 3. The Morgan fingerprint density at radius 3 is 2.67 bits per heavy atom. The van der Waals surface area contributed by atoms with Crippen LogP contribution in [0.15, 0.2) is 30.3 Å². The van der Waals surface area contributed by atoms with Crippen LogP contribution in [0.5, 0.6) is 5.75 Å². The van der Waals surface area contributed by atoms with Gasteiger partial charge in [-0.3, -0.25) is 9.59 Å². The van der Waals surface area contributed by atoms with Gasteiger partial charge in [-0.25, -0.2) is 0 Å². The number of aromatic amines is 1. The number of nitrogens with zero attached hydrogens (tertiary/aromatic N) is 1. The third-order valence-corrected chi connectivity index (χ3v) is 5.60. The van der Waals surface area contributed by atoms with Crippen LogP contribution in [-0.4, -0.2) is 41.4 Å². The number of aromatic nitrogens is 1. The third-order valence-electron chi connectivity index (χ3n) is 5.60. The van der Waals surface area contributed by atoms with Crippen molar-refractivity contribution < 1.29 is 14.3 Å². The molecule has 1 aromatic heterocycles. The minimum atomic E-state index is -0.171. The van der Waals surface area contributed by atoms with Crippen molar-refractivity contribution in [3.05, 3.63) is 52.8 Å². The van der Waals surface area contributed by atoms with Gasteiger partial charge in [0.1, 0.15) is 11.4 Å². The summed E-state index contributed by atoms with van der Waals surface area (Å²) in [7, 11) is 0. The van der Waals surface area contributed by atoms with Crippen molar-refractivity contribution in [2.75, 3.05) is 19.7 Å². The SMILES string of the molecule is CCCCOc1ccc(CNC(=O)C2CCCN(C(=O)c3[nH]c(C)cc3C)C2)cc1. The number of rotatable bonds is 8. The topological polar surface area (TPSA) is 74.4 Å². The molecule has 1 unspecified atom stereocenters. The Morgan fingerprint density at radius 1 is 1.23 bits per heavy atom. The fraction of sp³-hybridized carbons (Fsp3) is 0.500. The smallest absolute Gasteiger partial charge is 0.270 e. The molecule has 0 aliphatic carbocycles. The summed E-state index contributed by atoms with van der Waals surface area (Å²) in [5.41, 5.74) is 3.59. The van der Waals surface area contributed by atoms with E-state index in [1.807, 2.05) is 44.2 Å². The Kier molecular flexibility index (Phi) is 7.55. The molecule has 2 N–H and O–H groups in total. The predicted molar refractivity (Wildman–Crippen MR) is 118 cm³/mol. The van der Waals surface area contributed by atoms with Gasteiger partial charge in [0.05, 0.1) is 12.5 Å². The molecular formula is C24H33N3O3. The highest BCUT2D eigenvalue weighted by molar-refractivity contribution is 5.94. The van der Waals surface area contributed by atoms with Gasteiger partial charge in [0.2, 0.25) is 5.91 Å². The Labute approximate surface area is 179 Å². The number of unbranched alkanes of at least 4 members (excludes halogenated alkanes) is 1. The van der Waals surface area contributed by atoms with Gasteiger partial charge < -0.3 is 19.9 Å². The summed E-state index contributed by atoms with van der Waals surface area (Å²) >= 11 is 0. The minimum absolute atomic E-state index is 0.00941. The molecule has 6 nitrogen and oxygen atoms in total. The second-order valence-electron chi connectivity index (χ2n) is 8.16. The van der Waals surface area contributed by atoms with Crippen molar-refractivity contribution in [3.8, 4) is 5.75 Å². The first-order valence-electron chi connectivity index (χ1n) is 10.9. The number of aryl methyl sites for hydroxylation is 2. The van der Waals surface area contributed by atoms with E-state index in [-0.39, 0.29) is 17.7 Å². The molecule has 6 heteroatoms. The Hall–Kier alpha value is -2.76. The van der Waals surface area contributed by atoms with Crippen LogP contribution in [0, 0.1) is 19.8 Å². The zero-order valence-corrected chi connectivity index (χ0v) is 18.3. The van der Waals surface area contributed by atoms with Crippen LogP contribution < -0.4 is 10.1 Å². The van der Waals surface area contributed by atoms with Crippen molar-refractivity contribution in [2.45, 2.75) is 53.0 Å². The molecule has 2 aromatic rings. The van der Waals surface area contributed by atoms with Gasteiger partial charge in [0.15, 0.2) is 0 Å². The van der Waals surface area contributed by atoms with E-state index in [4.69, 9.17) is 4.74 Å². The molecule has 0 spiro atoms. The van der Waals surface area contributed by atoms with Gasteiger partial charge in [0, 0.05) is 25.3 Å². The fourth-order valence-corrected chi connectivity index (χ4v) is 3.86. The van der Waals surface area contributed by atoms with Crippen molar-refractivity contribution in [1.29, 1.82) is 0 Å². The lowest BCUT2D eigenvalue weighted by molar-refractivity contribution is -0.126. The lowest BCUT2D eigenvalue weighted by Gasteiger charge is -2.32. The maximum atomic E-state index is 12.9. The lowest BCUT2D eigenvalue weighted by Crippen LogP contribution is -2.45. The summed E-state index contributed by atoms with van der Waals surface area (Å²) in [5.74, 6) is 0.678. The van der Waals surface area contributed by atoms with Gasteiger partial charge in [-0.1, -0.05) is 25.5 Å². The lowest BCUT2D eigenvalue weighted by atomic mass is 9.96. The molecule has 2 heterocycles. The van der Waals surface area contributed by atoms with Gasteiger partial charge in [-0.2, -0.15) is 0 Å². The first kappa shape index (κ1) is 21.9. The summed E-state index contributed by atoms with van der Waals surface area (Å²) in [6, 6.07) is 9.82. The molecule has 1 atom stereocenters. The second-order valence-corrected chi connectivity index (χ2v) is 8.16. The second kappa shape index (κ2) is 10.3. The van der Waals surface area contributed by atoms with Gasteiger partial charge in [-0.05, 0) is 62.4 Å². The van der Waals surface area contributed by atoms with Crippen molar-refractivity contribution >= 4 is 11.8 Å². The summed E-state index contributed by atoms with van der Waals surface area (Å²) in [6.45, 7) is 8.38. The van der Waals surface area contributed by atoms with Crippen LogP contribution >= 0.6 is 0 Å². The average molecular weight is 412 g/mol. The summed E-state index contributed by atoms with van der Waals surface area (Å²) in [4.78, 5) is 30.5. The molecule has 2 amide bonds. The molecule has 0 saturated carbocycles. The number of hydrogen-bond donors (Lipinski definition) is 2. The van der Waals surface area contributed by atoms with E-state index < -0.39 is 0 Å². The number of carbonyl (C=O) groups is 2. The molecule has 1 aliphatic heterocycles. The van der Waals surface area contributed by atoms with E-state index in [1.165, 1.54) is 0 Å². The van der Waals surface area contributed by atoms with Gasteiger partial charge >= 0.3 is 0 Å². The molecule has 1 saturated heterocycles. The standard InChI is InChI=1S/C24H33N3O3/c1-4-5-13-30-21-10-8-19(9-11-21)15-25-23(28)20-7-6-12-27(16-20)24(29)22-17(2)14-18(3)26-22/h8-11,14,20,26H,4-7,12-13,15-16H2,1-3H3,(H,25,28). The molecule has 1 aromatic carbocycles. The van der Waals surface area contributed by atoms with Crippen molar-refractivity contribution in [2.24, 2.45) is 5.92 Å². The van der Waals surface area contributed by atoms with E-state index in [0.29, 0.717) is 25.3 Å². The first-order valence-corrected chi connectivity index (χ1v) is 10.9. The molecule has 162 valence electrons. The van der Waals surface area contributed by atoms with Crippen molar-refractivity contribution in [1.82, 2.24) is 15.2 Å². The molecule has 30 heavy (non-hydrogen) atoms. The maximum absolute atomic E-state index is 12.9.